The van der Waals surface area contributed by atoms with Gasteiger partial charge in [0, 0.05) is 18.9 Å². The fourth-order valence-corrected chi connectivity index (χ4v) is 2.17. The van der Waals surface area contributed by atoms with Crippen LogP contribution in [0.1, 0.15) is 37.0 Å². The van der Waals surface area contributed by atoms with Crippen LogP contribution in [0.15, 0.2) is 30.6 Å². The molecule has 5 heteroatoms. The number of para-hydroxylation sites is 1. The summed E-state index contributed by atoms with van der Waals surface area (Å²) >= 11 is 0. The van der Waals surface area contributed by atoms with E-state index >= 15 is 0 Å². The van der Waals surface area contributed by atoms with Gasteiger partial charge in [0.05, 0.1) is 16.7 Å². The van der Waals surface area contributed by atoms with Crippen molar-refractivity contribution in [3.05, 3.63) is 36.2 Å². The minimum absolute atomic E-state index is 0.219. The van der Waals surface area contributed by atoms with E-state index in [9.17, 15) is 9.90 Å². The van der Waals surface area contributed by atoms with E-state index in [4.69, 9.17) is 0 Å². The van der Waals surface area contributed by atoms with Crippen LogP contribution >= 0.6 is 0 Å². The Kier molecular flexibility index (Phi) is 4.29. The Balaban J connectivity index is 2.16. The van der Waals surface area contributed by atoms with Gasteiger partial charge in [-0.2, -0.15) is 0 Å². The molecule has 0 aliphatic heterocycles. The Labute approximate surface area is 118 Å². The Morgan fingerprint density at radius 2 is 2.10 bits per heavy atom. The van der Waals surface area contributed by atoms with Crippen LogP contribution in [0, 0.1) is 0 Å². The number of hydrogen-bond acceptors (Lipinski definition) is 4. The normalized spacial score (nSPS) is 13.9. The van der Waals surface area contributed by atoms with E-state index in [2.05, 4.69) is 15.3 Å². The third-order valence-electron chi connectivity index (χ3n) is 3.16. The van der Waals surface area contributed by atoms with Gasteiger partial charge in [-0.3, -0.25) is 14.8 Å². The molecule has 1 heterocycles. The predicted octanol–water partition coefficient (Wildman–Crippen LogP) is 1.91. The lowest BCUT2D eigenvalue weighted by molar-refractivity contribution is 0.0470. The van der Waals surface area contributed by atoms with Crippen molar-refractivity contribution in [1.82, 2.24) is 15.3 Å². The van der Waals surface area contributed by atoms with Crippen molar-refractivity contribution < 1.29 is 9.90 Å². The first-order valence-electron chi connectivity index (χ1n) is 6.74. The summed E-state index contributed by atoms with van der Waals surface area (Å²) in [5, 5.41) is 12.8. The second-order valence-electron chi connectivity index (χ2n) is 5.16. The summed E-state index contributed by atoms with van der Waals surface area (Å²) in [6, 6.07) is 5.29. The molecule has 0 aliphatic rings. The molecule has 106 valence electrons. The molecule has 1 aromatic carbocycles. The van der Waals surface area contributed by atoms with Crippen molar-refractivity contribution in [3.8, 4) is 0 Å². The van der Waals surface area contributed by atoms with Gasteiger partial charge in [-0.25, -0.2) is 0 Å². The summed E-state index contributed by atoms with van der Waals surface area (Å²) in [4.78, 5) is 20.6. The molecule has 0 aliphatic carbocycles. The van der Waals surface area contributed by atoms with Crippen LogP contribution in [0.2, 0.25) is 0 Å². The van der Waals surface area contributed by atoms with Gasteiger partial charge in [0.15, 0.2) is 0 Å². The number of aliphatic hydroxyl groups is 1. The highest BCUT2D eigenvalue weighted by Gasteiger charge is 2.21. The van der Waals surface area contributed by atoms with Crippen molar-refractivity contribution in [2.45, 2.75) is 32.3 Å². The molecule has 20 heavy (non-hydrogen) atoms. The van der Waals surface area contributed by atoms with E-state index in [1.54, 1.807) is 31.5 Å². The Morgan fingerprint density at radius 1 is 1.35 bits per heavy atom. The van der Waals surface area contributed by atoms with E-state index in [0.29, 0.717) is 23.0 Å². The number of amides is 1. The van der Waals surface area contributed by atoms with Gasteiger partial charge in [-0.05, 0) is 25.5 Å². The van der Waals surface area contributed by atoms with Crippen LogP contribution in [0.3, 0.4) is 0 Å². The molecule has 0 spiro atoms. The highest BCUT2D eigenvalue weighted by Crippen LogP contribution is 2.15. The maximum atomic E-state index is 12.2. The molecule has 1 aromatic heterocycles. The number of rotatable bonds is 5. The summed E-state index contributed by atoms with van der Waals surface area (Å²) in [5.41, 5.74) is 0.840. The third kappa shape index (κ3) is 3.30. The first kappa shape index (κ1) is 14.4. The lowest BCUT2D eigenvalue weighted by atomic mass is 10.0. The van der Waals surface area contributed by atoms with Crippen molar-refractivity contribution in [2.24, 2.45) is 0 Å². The molecule has 1 atom stereocenters. The fourth-order valence-electron chi connectivity index (χ4n) is 2.17. The number of benzene rings is 1. The molecule has 2 rings (SSSR count). The lowest BCUT2D eigenvalue weighted by Gasteiger charge is -2.23. The van der Waals surface area contributed by atoms with E-state index < -0.39 is 5.60 Å². The van der Waals surface area contributed by atoms with Crippen molar-refractivity contribution in [3.63, 3.8) is 0 Å². The van der Waals surface area contributed by atoms with E-state index in [-0.39, 0.29) is 12.5 Å². The van der Waals surface area contributed by atoms with Gasteiger partial charge < -0.3 is 10.4 Å². The number of carbonyl (C=O) groups is 1. The molecule has 0 fully saturated rings. The number of nitrogens with one attached hydrogen (secondary N) is 1. The van der Waals surface area contributed by atoms with Gasteiger partial charge in [0.1, 0.15) is 5.52 Å². The number of nitrogens with zero attached hydrogens (tertiary/aromatic N) is 2. The lowest BCUT2D eigenvalue weighted by Crippen LogP contribution is -2.40. The molecule has 0 radical (unpaired) electrons. The van der Waals surface area contributed by atoms with Crippen LogP contribution < -0.4 is 5.32 Å². The zero-order valence-electron chi connectivity index (χ0n) is 11.8. The second-order valence-corrected chi connectivity index (χ2v) is 5.16. The monoisotopic (exact) mass is 273 g/mol. The number of carbonyl (C=O) groups excluding carboxylic acids is 1. The summed E-state index contributed by atoms with van der Waals surface area (Å²) < 4.78 is 0. The Morgan fingerprint density at radius 3 is 2.85 bits per heavy atom. The average Bonchev–Trinajstić information content (AvgIpc) is 2.44. The summed E-state index contributed by atoms with van der Waals surface area (Å²) in [6.07, 6.45) is 4.66. The molecule has 2 N–H and O–H groups in total. The summed E-state index contributed by atoms with van der Waals surface area (Å²) in [6.45, 7) is 3.94. The van der Waals surface area contributed by atoms with Crippen molar-refractivity contribution in [2.75, 3.05) is 6.54 Å². The minimum atomic E-state index is -0.888. The highest BCUT2D eigenvalue weighted by molar-refractivity contribution is 6.04. The smallest absolute Gasteiger partial charge is 0.253 e. The predicted molar refractivity (Wildman–Crippen MR) is 77.4 cm³/mol. The van der Waals surface area contributed by atoms with Crippen molar-refractivity contribution in [1.29, 1.82) is 0 Å². The first-order chi connectivity index (χ1) is 9.53. The zero-order valence-corrected chi connectivity index (χ0v) is 11.8. The highest BCUT2D eigenvalue weighted by atomic mass is 16.3. The van der Waals surface area contributed by atoms with Crippen LogP contribution in [0.5, 0.6) is 0 Å². The molecule has 2 aromatic rings. The van der Waals surface area contributed by atoms with E-state index in [1.807, 2.05) is 13.0 Å². The van der Waals surface area contributed by atoms with Crippen molar-refractivity contribution >= 4 is 16.9 Å². The van der Waals surface area contributed by atoms with Gasteiger partial charge in [0.2, 0.25) is 0 Å². The summed E-state index contributed by atoms with van der Waals surface area (Å²) in [7, 11) is 0. The van der Waals surface area contributed by atoms with Crippen LogP contribution in [0.4, 0.5) is 0 Å². The second kappa shape index (κ2) is 5.96. The van der Waals surface area contributed by atoms with Gasteiger partial charge in [-0.1, -0.05) is 19.4 Å². The summed E-state index contributed by atoms with van der Waals surface area (Å²) in [5.74, 6) is -0.243. The average molecular weight is 273 g/mol. The minimum Gasteiger partial charge on any atom is -0.388 e. The number of fused-ring (bicyclic) bond motifs is 1. The molecular formula is C15H19N3O2. The van der Waals surface area contributed by atoms with Gasteiger partial charge >= 0.3 is 0 Å². The topological polar surface area (TPSA) is 75.1 Å². The van der Waals surface area contributed by atoms with Crippen LogP contribution in [-0.4, -0.2) is 33.1 Å². The molecule has 1 unspecified atom stereocenters. The molecule has 1 amide bonds. The molecule has 5 nitrogen and oxygen atoms in total. The quantitative estimate of drug-likeness (QED) is 0.872. The SMILES string of the molecule is CCCC(C)(O)CNC(=O)c1cccc2nccnc12. The van der Waals surface area contributed by atoms with E-state index in [1.165, 1.54) is 0 Å². The molecule has 0 bridgehead atoms. The molecule has 0 saturated carbocycles. The largest absolute Gasteiger partial charge is 0.388 e. The number of aromatic nitrogens is 2. The van der Waals surface area contributed by atoms with Gasteiger partial charge in [0.25, 0.3) is 5.91 Å². The standard InChI is InChI=1S/C15H19N3O2/c1-3-7-15(2,20)10-18-14(19)11-5-4-6-12-13(11)17-9-8-16-12/h4-6,8-9,20H,3,7,10H2,1-2H3,(H,18,19). The first-order valence-corrected chi connectivity index (χ1v) is 6.74. The van der Waals surface area contributed by atoms with Crippen LogP contribution in [-0.2, 0) is 0 Å². The zero-order chi connectivity index (χ0) is 14.6. The molecular weight excluding hydrogens is 254 g/mol. The fraction of sp³-hybridized carbons (Fsp3) is 0.400. The molecule has 0 saturated heterocycles. The third-order valence-corrected chi connectivity index (χ3v) is 3.16. The van der Waals surface area contributed by atoms with Gasteiger partial charge in [-0.15, -0.1) is 0 Å². The maximum absolute atomic E-state index is 12.2. The Bertz CT molecular complexity index is 606. The van der Waals surface area contributed by atoms with Crippen LogP contribution in [0.25, 0.3) is 11.0 Å². The number of hydrogen-bond donors (Lipinski definition) is 2. The van der Waals surface area contributed by atoms with E-state index in [0.717, 1.165) is 6.42 Å². The maximum Gasteiger partial charge on any atom is 0.253 e. The Hall–Kier alpha value is -2.01.